The van der Waals surface area contributed by atoms with Gasteiger partial charge in [-0.05, 0) is 86.0 Å². The average Bonchev–Trinajstić information content (AvgIpc) is 2.89. The molecule has 196 valence electrons. The minimum absolute atomic E-state index is 0.0943. The molecule has 3 aromatic rings. The summed E-state index contributed by atoms with van der Waals surface area (Å²) in [4.78, 5) is 22.2. The third kappa shape index (κ3) is 5.54. The molecular formula is C28H29BrF3N3O2. The molecule has 1 aromatic heterocycles. The van der Waals surface area contributed by atoms with Crippen LogP contribution in [0.5, 0.6) is 0 Å². The summed E-state index contributed by atoms with van der Waals surface area (Å²) in [6.07, 6.45) is 1.24. The summed E-state index contributed by atoms with van der Waals surface area (Å²) in [5.41, 5.74) is 0.712. The summed E-state index contributed by atoms with van der Waals surface area (Å²) < 4.78 is 41.2. The Labute approximate surface area is 222 Å². The summed E-state index contributed by atoms with van der Waals surface area (Å²) in [6.45, 7) is 4.20. The van der Waals surface area contributed by atoms with Gasteiger partial charge in [0.25, 0.3) is 0 Å². The van der Waals surface area contributed by atoms with Crippen molar-refractivity contribution in [1.29, 1.82) is 0 Å². The molecule has 9 heteroatoms. The molecule has 2 aromatic carbocycles. The van der Waals surface area contributed by atoms with Crippen LogP contribution >= 0.6 is 15.9 Å². The fourth-order valence-electron chi connectivity index (χ4n) is 5.72. The van der Waals surface area contributed by atoms with Crippen molar-refractivity contribution in [1.82, 2.24) is 14.8 Å². The highest BCUT2D eigenvalue weighted by atomic mass is 79.9. The predicted molar refractivity (Wildman–Crippen MR) is 141 cm³/mol. The number of benzene rings is 2. The van der Waals surface area contributed by atoms with Crippen molar-refractivity contribution in [3.63, 3.8) is 0 Å². The van der Waals surface area contributed by atoms with Crippen molar-refractivity contribution in [2.45, 2.75) is 50.9 Å². The van der Waals surface area contributed by atoms with Gasteiger partial charge >= 0.3 is 12.1 Å². The molecule has 2 aliphatic heterocycles. The topological polar surface area (TPSA) is 56.7 Å². The van der Waals surface area contributed by atoms with Crippen LogP contribution in [0.2, 0.25) is 0 Å². The maximum atomic E-state index is 13.5. The number of nitrogens with zero attached hydrogens (tertiary/aromatic N) is 3. The van der Waals surface area contributed by atoms with Crippen LogP contribution < -0.4 is 0 Å². The Morgan fingerprint density at radius 3 is 2.41 bits per heavy atom. The van der Waals surface area contributed by atoms with Crippen molar-refractivity contribution in [3.8, 4) is 11.3 Å². The Bertz CT molecular complexity index is 1300. The smallest absolute Gasteiger partial charge is 0.416 e. The van der Waals surface area contributed by atoms with E-state index < -0.39 is 17.7 Å². The molecule has 1 N–H and O–H groups in total. The van der Waals surface area contributed by atoms with E-state index in [1.165, 1.54) is 25.3 Å². The fraction of sp³-hybridized carbons (Fsp3) is 0.429. The van der Waals surface area contributed by atoms with E-state index in [1.54, 1.807) is 24.3 Å². The molecule has 0 bridgehead atoms. The molecule has 2 saturated heterocycles. The second-order valence-corrected chi connectivity index (χ2v) is 10.8. The minimum atomic E-state index is -4.51. The van der Waals surface area contributed by atoms with Gasteiger partial charge in [0.1, 0.15) is 0 Å². The molecule has 0 amide bonds. The molecule has 0 spiro atoms. The maximum Gasteiger partial charge on any atom is 0.416 e. The van der Waals surface area contributed by atoms with Gasteiger partial charge in [-0.1, -0.05) is 30.7 Å². The molecule has 0 aliphatic carbocycles. The number of rotatable bonds is 5. The first-order valence-electron chi connectivity index (χ1n) is 12.7. The molecule has 0 atom stereocenters. The van der Waals surface area contributed by atoms with Crippen LogP contribution in [0.25, 0.3) is 22.2 Å². The largest absolute Gasteiger partial charge is 0.478 e. The number of fused-ring (bicyclic) bond motifs is 1. The molecule has 0 saturated carbocycles. The van der Waals surface area contributed by atoms with Gasteiger partial charge in [-0.15, -0.1) is 0 Å². The Kier molecular flexibility index (Phi) is 7.56. The highest BCUT2D eigenvalue weighted by molar-refractivity contribution is 9.10. The van der Waals surface area contributed by atoms with Gasteiger partial charge in [0.05, 0.1) is 22.3 Å². The van der Waals surface area contributed by atoms with E-state index in [1.807, 2.05) is 0 Å². The number of aromatic nitrogens is 1. The summed E-state index contributed by atoms with van der Waals surface area (Å²) >= 11 is 3.45. The number of carboxylic acid groups (broad SMARTS) is 1. The lowest BCUT2D eigenvalue weighted by Gasteiger charge is -2.40. The number of piperidine rings is 2. The van der Waals surface area contributed by atoms with E-state index in [0.29, 0.717) is 33.5 Å². The zero-order chi connectivity index (χ0) is 26.2. The van der Waals surface area contributed by atoms with Crippen molar-refractivity contribution in [2.24, 2.45) is 0 Å². The second-order valence-electron chi connectivity index (χ2n) is 9.94. The van der Waals surface area contributed by atoms with Crippen LogP contribution in [0.4, 0.5) is 13.2 Å². The standard InChI is InChI=1S/C28H29BrF3N3O2/c29-23-9-5-8-21-24(27(36)37)22(17-34-14-10-20(11-15-34)35-12-2-1-3-13-35)25(33-26(21)23)18-6-4-7-19(16-18)28(30,31)32/h4-9,16,20H,1-3,10-15,17H2,(H,36,37). The van der Waals surface area contributed by atoms with Gasteiger partial charge < -0.3 is 10.0 Å². The molecule has 0 unspecified atom stereocenters. The van der Waals surface area contributed by atoms with E-state index >= 15 is 0 Å². The van der Waals surface area contributed by atoms with Gasteiger partial charge in [0.2, 0.25) is 0 Å². The van der Waals surface area contributed by atoms with Crippen LogP contribution in [-0.4, -0.2) is 58.1 Å². The van der Waals surface area contributed by atoms with Crippen LogP contribution in [0.15, 0.2) is 46.9 Å². The van der Waals surface area contributed by atoms with Crippen molar-refractivity contribution in [2.75, 3.05) is 26.2 Å². The quantitative estimate of drug-likeness (QED) is 0.361. The van der Waals surface area contributed by atoms with E-state index in [0.717, 1.165) is 51.2 Å². The number of pyridine rings is 1. The molecular weight excluding hydrogens is 547 g/mol. The van der Waals surface area contributed by atoms with Crippen LogP contribution in [0.1, 0.15) is 53.6 Å². The molecule has 2 fully saturated rings. The van der Waals surface area contributed by atoms with E-state index in [-0.39, 0.29) is 16.8 Å². The first-order valence-corrected chi connectivity index (χ1v) is 13.5. The van der Waals surface area contributed by atoms with Gasteiger partial charge in [-0.3, -0.25) is 4.90 Å². The number of likely N-dealkylation sites (tertiary alicyclic amines) is 2. The maximum absolute atomic E-state index is 13.5. The van der Waals surface area contributed by atoms with Crippen molar-refractivity contribution < 1.29 is 23.1 Å². The van der Waals surface area contributed by atoms with Gasteiger partial charge in [0, 0.05) is 33.6 Å². The molecule has 37 heavy (non-hydrogen) atoms. The third-order valence-electron chi connectivity index (χ3n) is 7.59. The van der Waals surface area contributed by atoms with Gasteiger partial charge in [-0.25, -0.2) is 9.78 Å². The number of aromatic carboxylic acids is 1. The Morgan fingerprint density at radius 2 is 1.73 bits per heavy atom. The predicted octanol–water partition coefficient (Wildman–Crippen LogP) is 6.83. The zero-order valence-electron chi connectivity index (χ0n) is 20.4. The van der Waals surface area contributed by atoms with Crippen LogP contribution in [0, 0.1) is 0 Å². The van der Waals surface area contributed by atoms with Crippen molar-refractivity contribution >= 4 is 32.8 Å². The van der Waals surface area contributed by atoms with Crippen molar-refractivity contribution in [3.05, 3.63) is 63.6 Å². The van der Waals surface area contributed by atoms with Gasteiger partial charge in [0.15, 0.2) is 0 Å². The zero-order valence-corrected chi connectivity index (χ0v) is 22.0. The van der Waals surface area contributed by atoms with Crippen LogP contribution in [0.3, 0.4) is 0 Å². The van der Waals surface area contributed by atoms with E-state index in [9.17, 15) is 23.1 Å². The first kappa shape index (κ1) is 26.1. The SMILES string of the molecule is O=C(O)c1c(CN2CCC(N3CCCCC3)CC2)c(-c2cccc(C(F)(F)F)c2)nc2c(Br)cccc12. The Hall–Kier alpha value is -2.49. The summed E-state index contributed by atoms with van der Waals surface area (Å²) in [6, 6.07) is 10.7. The monoisotopic (exact) mass is 575 g/mol. The lowest BCUT2D eigenvalue weighted by molar-refractivity contribution is -0.137. The normalized spacial score (nSPS) is 18.4. The van der Waals surface area contributed by atoms with Gasteiger partial charge in [-0.2, -0.15) is 13.2 Å². The number of carbonyl (C=O) groups is 1. The lowest BCUT2D eigenvalue weighted by Crippen LogP contribution is -2.46. The summed E-state index contributed by atoms with van der Waals surface area (Å²) in [5.74, 6) is -1.11. The highest BCUT2D eigenvalue weighted by Gasteiger charge is 2.32. The lowest BCUT2D eigenvalue weighted by atomic mass is 9.94. The Morgan fingerprint density at radius 1 is 1.03 bits per heavy atom. The number of hydrogen-bond acceptors (Lipinski definition) is 4. The number of para-hydroxylation sites is 1. The molecule has 0 radical (unpaired) electrons. The Balaban J connectivity index is 1.55. The average molecular weight is 576 g/mol. The minimum Gasteiger partial charge on any atom is -0.478 e. The number of halogens is 4. The highest BCUT2D eigenvalue weighted by Crippen LogP contribution is 2.37. The van der Waals surface area contributed by atoms with E-state index in [4.69, 9.17) is 4.98 Å². The van der Waals surface area contributed by atoms with E-state index in [2.05, 4.69) is 25.7 Å². The third-order valence-corrected chi connectivity index (χ3v) is 8.23. The molecule has 3 heterocycles. The molecule has 2 aliphatic rings. The molecule has 5 rings (SSSR count). The summed E-state index contributed by atoms with van der Waals surface area (Å²) in [7, 11) is 0. The number of hydrogen-bond donors (Lipinski definition) is 1. The molecule has 5 nitrogen and oxygen atoms in total. The first-order chi connectivity index (χ1) is 17.7. The fourth-order valence-corrected chi connectivity index (χ4v) is 6.18. The number of carboxylic acids is 1. The van der Waals surface area contributed by atoms with Crippen LogP contribution in [-0.2, 0) is 12.7 Å². The number of alkyl halides is 3. The second kappa shape index (κ2) is 10.7. The summed E-state index contributed by atoms with van der Waals surface area (Å²) in [5, 5.41) is 10.8.